The summed E-state index contributed by atoms with van der Waals surface area (Å²) in [6.45, 7) is 9.42. The highest BCUT2D eigenvalue weighted by atomic mass is 35.5. The van der Waals surface area contributed by atoms with E-state index in [4.69, 9.17) is 105 Å². The number of thiophene rings is 3. The molecule has 0 amide bonds. The fraction of sp³-hybridized carbons (Fsp3) is 0.492. The molecule has 5 fully saturated rings. The van der Waals surface area contributed by atoms with Crippen LogP contribution in [-0.2, 0) is 66.6 Å². The van der Waals surface area contributed by atoms with Gasteiger partial charge in [-0.05, 0) is 100 Å². The summed E-state index contributed by atoms with van der Waals surface area (Å²) in [5.41, 5.74) is 17.4. The first-order valence-electron chi connectivity index (χ1n) is 28.2. The SMILES string of the molecule is C.C.CC1(C)O[C@H]2[C@@H](O1)[C@H](n1ccc3c(Cl)ncnc31)O[C@@H]2[C@@H]1OCCc2cc(Cl)sc21.CC1(C)O[C@H]2[C@@H](O1)[C@H](n1ccc3c(N)ncnc31)O[C@@H]2[C@@H]1OCCc2cc(Cl)sc21.Nc1ncnc2c1ccn2[C@@H]1O[C@H]([C@@H]2OCCc3cc(Cl)sc32)[C@@H](O)[C@H]1O. The predicted octanol–water partition coefficient (Wildman–Crippen LogP) is 10.9. The van der Waals surface area contributed by atoms with Gasteiger partial charge in [0, 0.05) is 33.2 Å². The maximum atomic E-state index is 10.7. The standard InChI is InChI=1S/C20H19Cl2N3O4S.C20H21ClN4O4S.C17H17ClN4O4S.2CH4/c2*1-20(2)28-13-12(14-16-9(4-6-26-14)7-11(21)30-16)27-19(15(13)29-20)25-5-3-10-17(22)23-8-24-18(10)25;18-9-5-7-2-4-25-13(14(7)27-9)12-10(23)11(24)17(26-12)22-3-1-8-15(19)20-6-21-16(8)22;;/h3,5,7-8,12-15,19H,4,6H2,1-2H3;3,5,7-8,12-15,19H,4,6H2,1-2H3,(H2,22,23,24);1,3,5-6,10-13,17,23-24H,2,4H2,(H2,19,20,21);2*1H4/t2*12-,13+,14-,15+,19+;10-,11+,12-,13-,17+;;/m000../s1. The quantitative estimate of drug-likeness (QED) is 0.113. The van der Waals surface area contributed by atoms with Gasteiger partial charge in [-0.3, -0.25) is 0 Å². The van der Waals surface area contributed by atoms with E-state index in [0.29, 0.717) is 63.3 Å². The molecule has 0 saturated carbocycles. The number of nitrogens with two attached hydrogens (primary N) is 2. The van der Waals surface area contributed by atoms with Gasteiger partial charge in [0.25, 0.3) is 0 Å². The summed E-state index contributed by atoms with van der Waals surface area (Å²) in [6, 6.07) is 11.5. The molecule has 474 valence electrons. The van der Waals surface area contributed by atoms with Crippen LogP contribution in [0.25, 0.3) is 33.1 Å². The Hall–Kier alpha value is -4.76. The smallest absolute Gasteiger partial charge is 0.164 e. The highest BCUT2D eigenvalue weighted by molar-refractivity contribution is 7.17. The molecule has 9 aromatic heterocycles. The van der Waals surface area contributed by atoms with Crippen LogP contribution in [0.5, 0.6) is 0 Å². The summed E-state index contributed by atoms with van der Waals surface area (Å²) in [7, 11) is 0. The lowest BCUT2D eigenvalue weighted by molar-refractivity contribution is -0.212. The average Bonchev–Trinajstić information content (AvgIpc) is 1.60. The Balaban J connectivity index is 0.000000122. The van der Waals surface area contributed by atoms with Crippen molar-refractivity contribution >= 4 is 125 Å². The number of fused-ring (bicyclic) bond motifs is 8. The summed E-state index contributed by atoms with van der Waals surface area (Å²) in [4.78, 5) is 28.3. The lowest BCUT2D eigenvalue weighted by atomic mass is 9.99. The third kappa shape index (κ3) is 11.1. The predicted molar refractivity (Wildman–Crippen MR) is 336 cm³/mol. The van der Waals surface area contributed by atoms with Gasteiger partial charge in [0.1, 0.15) is 126 Å². The van der Waals surface area contributed by atoms with Crippen LogP contribution in [0, 0.1) is 0 Å². The molecule has 8 aliphatic rings. The molecular weight excluding hydrogens is 1290 g/mol. The van der Waals surface area contributed by atoms with Crippen LogP contribution >= 0.6 is 80.4 Å². The number of anilines is 2. The van der Waals surface area contributed by atoms with Crippen molar-refractivity contribution in [3.8, 4) is 0 Å². The Kier molecular flexibility index (Phi) is 17.2. The van der Waals surface area contributed by atoms with E-state index in [2.05, 4.69) is 29.9 Å². The second-order valence-corrected chi connectivity index (χ2v) is 28.6. The summed E-state index contributed by atoms with van der Waals surface area (Å²) in [5.74, 6) is -0.675. The highest BCUT2D eigenvalue weighted by Gasteiger charge is 2.61. The molecule has 0 radical (unpaired) electrons. The molecule has 15 atom stereocenters. The molecule has 0 bridgehead atoms. The van der Waals surface area contributed by atoms with Gasteiger partial charge in [0.05, 0.1) is 49.0 Å². The van der Waals surface area contributed by atoms with Crippen LogP contribution < -0.4 is 11.5 Å². The van der Waals surface area contributed by atoms with Crippen molar-refractivity contribution in [2.75, 3.05) is 31.3 Å². The van der Waals surface area contributed by atoms with Gasteiger partial charge in [0.15, 0.2) is 30.3 Å². The molecule has 0 unspecified atom stereocenters. The molecule has 0 spiro atoms. The van der Waals surface area contributed by atoms with E-state index in [1.54, 1.807) is 39.5 Å². The van der Waals surface area contributed by atoms with Gasteiger partial charge in [-0.1, -0.05) is 61.3 Å². The molecule has 5 saturated heterocycles. The fourth-order valence-corrected chi connectivity index (χ4v) is 17.6. The molecule has 0 aliphatic carbocycles. The minimum absolute atomic E-state index is 0. The van der Waals surface area contributed by atoms with Crippen molar-refractivity contribution in [1.82, 2.24) is 43.6 Å². The van der Waals surface area contributed by atoms with Crippen molar-refractivity contribution < 1.29 is 57.6 Å². The topological polar surface area (TPSA) is 277 Å². The largest absolute Gasteiger partial charge is 0.387 e. The molecule has 89 heavy (non-hydrogen) atoms. The number of rotatable bonds is 6. The van der Waals surface area contributed by atoms with Crippen LogP contribution in [0.15, 0.2) is 74.0 Å². The number of hydrogen-bond donors (Lipinski definition) is 4. The molecule has 17 heterocycles. The van der Waals surface area contributed by atoms with Gasteiger partial charge in [-0.2, -0.15) is 0 Å². The Labute approximate surface area is 542 Å². The molecule has 23 nitrogen and oxygen atoms in total. The van der Waals surface area contributed by atoms with Crippen molar-refractivity contribution in [2.45, 2.75) is 165 Å². The van der Waals surface area contributed by atoms with Crippen molar-refractivity contribution in [1.29, 1.82) is 0 Å². The second kappa shape index (κ2) is 24.3. The first-order valence-corrected chi connectivity index (χ1v) is 32.2. The zero-order chi connectivity index (χ0) is 59.9. The fourth-order valence-electron chi connectivity index (χ4n) is 13.2. The van der Waals surface area contributed by atoms with E-state index in [1.165, 1.54) is 41.4 Å². The van der Waals surface area contributed by atoms with Gasteiger partial charge in [-0.25, -0.2) is 29.9 Å². The summed E-state index contributed by atoms with van der Waals surface area (Å²) in [5, 5.41) is 24.0. The van der Waals surface area contributed by atoms with Gasteiger partial charge in [0.2, 0.25) is 0 Å². The van der Waals surface area contributed by atoms with Gasteiger partial charge < -0.3 is 82.8 Å². The number of nitrogen functional groups attached to an aromatic ring is 2. The molecule has 30 heteroatoms. The highest BCUT2D eigenvalue weighted by Crippen LogP contribution is 2.53. The lowest BCUT2D eigenvalue weighted by Crippen LogP contribution is -2.37. The van der Waals surface area contributed by atoms with Crippen LogP contribution in [0.3, 0.4) is 0 Å². The summed E-state index contributed by atoms with van der Waals surface area (Å²) >= 11 is 29.5. The number of ether oxygens (including phenoxy) is 10. The van der Waals surface area contributed by atoms with Crippen molar-refractivity contribution in [2.24, 2.45) is 0 Å². The Morgan fingerprint density at radius 2 is 0.831 bits per heavy atom. The van der Waals surface area contributed by atoms with Crippen molar-refractivity contribution in [3.63, 3.8) is 0 Å². The van der Waals surface area contributed by atoms with Crippen LogP contribution in [0.4, 0.5) is 11.6 Å². The normalized spacial score (nSPS) is 31.2. The molecule has 9 aromatic rings. The monoisotopic (exact) mass is 1360 g/mol. The van der Waals surface area contributed by atoms with E-state index in [-0.39, 0.29) is 63.7 Å². The molecule has 8 aliphatic heterocycles. The second-order valence-electron chi connectivity index (χ2n) is 23.1. The minimum atomic E-state index is -1.15. The maximum Gasteiger partial charge on any atom is 0.164 e. The van der Waals surface area contributed by atoms with Gasteiger partial charge in [-0.15, -0.1) is 34.0 Å². The molecular formula is C59H65Cl4N11O12S3. The Morgan fingerprint density at radius 3 is 1.27 bits per heavy atom. The minimum Gasteiger partial charge on any atom is -0.387 e. The zero-order valence-corrected chi connectivity index (χ0v) is 52.2. The number of halogens is 4. The molecule has 6 N–H and O–H groups in total. The third-order valence-corrected chi connectivity index (χ3v) is 21.3. The zero-order valence-electron chi connectivity index (χ0n) is 46.7. The van der Waals surface area contributed by atoms with Gasteiger partial charge >= 0.3 is 0 Å². The third-order valence-electron chi connectivity index (χ3n) is 16.9. The number of aliphatic hydroxyl groups excluding tert-OH is 2. The van der Waals surface area contributed by atoms with E-state index < -0.39 is 54.7 Å². The van der Waals surface area contributed by atoms with E-state index in [0.717, 1.165) is 58.9 Å². The van der Waals surface area contributed by atoms with Crippen LogP contribution in [-0.4, -0.2) is 140 Å². The maximum absolute atomic E-state index is 10.7. The first kappa shape index (κ1) is 63.0. The Morgan fingerprint density at radius 1 is 0.472 bits per heavy atom. The number of hydrogen-bond acceptors (Lipinski definition) is 23. The van der Waals surface area contributed by atoms with E-state index >= 15 is 0 Å². The molecule has 17 rings (SSSR count). The first-order chi connectivity index (χ1) is 41.9. The van der Waals surface area contributed by atoms with Crippen LogP contribution in [0.2, 0.25) is 18.2 Å². The number of aromatic nitrogens is 9. The lowest BCUT2D eigenvalue weighted by Gasteiger charge is -2.31. The molecule has 0 aromatic carbocycles. The summed E-state index contributed by atoms with van der Waals surface area (Å²) < 4.78 is 70.4. The van der Waals surface area contributed by atoms with Crippen LogP contribution in [0.1, 0.15) is 111 Å². The Bertz CT molecular complexity index is 3910. The summed E-state index contributed by atoms with van der Waals surface area (Å²) in [6.07, 6.45) is 4.65. The van der Waals surface area contributed by atoms with E-state index in [1.807, 2.05) is 79.6 Å². The number of nitrogens with zero attached hydrogens (tertiary/aromatic N) is 9. The number of aliphatic hydroxyl groups is 2. The average molecular weight is 1360 g/mol. The van der Waals surface area contributed by atoms with E-state index in [9.17, 15) is 10.2 Å². The van der Waals surface area contributed by atoms with Crippen molar-refractivity contribution in [3.05, 3.63) is 123 Å².